The Morgan fingerprint density at radius 3 is 1.92 bits per heavy atom. The van der Waals surface area contributed by atoms with Crippen molar-refractivity contribution in [3.8, 4) is 0 Å². The quantitative estimate of drug-likeness (QED) is 0.280. The molecule has 1 aliphatic heterocycles. The lowest BCUT2D eigenvalue weighted by Crippen LogP contribution is -2.66. The Kier molecular flexibility index (Phi) is 9.26. The SMILES string of the molecule is CC(C)(C)[Si](OCCCCC1CCCN(S(=O)(=O)c2ccccc2)C1O)(c1ccccc1)c1ccccc1. The maximum atomic E-state index is 13.1. The van der Waals surface area contributed by atoms with Crippen LogP contribution in [0.2, 0.25) is 5.04 Å². The van der Waals surface area contributed by atoms with Gasteiger partial charge in [0.2, 0.25) is 10.0 Å². The van der Waals surface area contributed by atoms with Gasteiger partial charge in [-0.1, -0.05) is 106 Å². The van der Waals surface area contributed by atoms with Gasteiger partial charge in [0.15, 0.2) is 0 Å². The van der Waals surface area contributed by atoms with E-state index < -0.39 is 24.6 Å². The number of rotatable bonds is 10. The average Bonchev–Trinajstić information content (AvgIpc) is 2.92. The summed E-state index contributed by atoms with van der Waals surface area (Å²) in [6.45, 7) is 7.81. The first kappa shape index (κ1) is 28.7. The van der Waals surface area contributed by atoms with Gasteiger partial charge in [-0.05, 0) is 59.1 Å². The molecule has 0 amide bonds. The minimum atomic E-state index is -3.71. The van der Waals surface area contributed by atoms with E-state index >= 15 is 0 Å². The molecule has 0 aromatic heterocycles. The van der Waals surface area contributed by atoms with Gasteiger partial charge in [0.05, 0.1) is 4.90 Å². The van der Waals surface area contributed by atoms with Crippen LogP contribution >= 0.6 is 0 Å². The minimum absolute atomic E-state index is 0.0679. The molecule has 5 nitrogen and oxygen atoms in total. The largest absolute Gasteiger partial charge is 0.407 e. The summed E-state index contributed by atoms with van der Waals surface area (Å²) in [6, 6.07) is 29.7. The van der Waals surface area contributed by atoms with Crippen molar-refractivity contribution in [2.45, 2.75) is 69.0 Å². The lowest BCUT2D eigenvalue weighted by atomic mass is 9.92. The first-order valence-corrected chi connectivity index (χ1v) is 17.0. The number of benzene rings is 3. The number of aliphatic hydroxyl groups excluding tert-OH is 1. The van der Waals surface area contributed by atoms with E-state index in [1.165, 1.54) is 14.7 Å². The molecular formula is C31H41NO4SSi. The Hall–Kier alpha value is -2.29. The van der Waals surface area contributed by atoms with Crippen LogP contribution in [0.5, 0.6) is 0 Å². The molecule has 4 rings (SSSR count). The summed E-state index contributed by atoms with van der Waals surface area (Å²) in [5, 5.41) is 13.5. The number of hydrogen-bond donors (Lipinski definition) is 1. The van der Waals surface area contributed by atoms with E-state index in [0.29, 0.717) is 13.2 Å². The van der Waals surface area contributed by atoms with Crippen LogP contribution in [0.15, 0.2) is 95.9 Å². The smallest absolute Gasteiger partial charge is 0.261 e. The van der Waals surface area contributed by atoms with Crippen molar-refractivity contribution in [3.05, 3.63) is 91.0 Å². The lowest BCUT2D eigenvalue weighted by molar-refractivity contribution is -0.0204. The van der Waals surface area contributed by atoms with Gasteiger partial charge in [0.1, 0.15) is 6.23 Å². The summed E-state index contributed by atoms with van der Waals surface area (Å²) in [4.78, 5) is 0.235. The van der Waals surface area contributed by atoms with E-state index in [2.05, 4.69) is 69.3 Å². The molecule has 1 N–H and O–H groups in total. The van der Waals surface area contributed by atoms with Crippen LogP contribution in [0.1, 0.15) is 52.9 Å². The van der Waals surface area contributed by atoms with Gasteiger partial charge in [-0.3, -0.25) is 0 Å². The number of unbranched alkanes of at least 4 members (excludes halogenated alkanes) is 1. The number of aliphatic hydroxyl groups is 1. The fraction of sp³-hybridized carbons (Fsp3) is 0.419. The van der Waals surface area contributed by atoms with Crippen LogP contribution in [0.25, 0.3) is 0 Å². The van der Waals surface area contributed by atoms with Crippen LogP contribution in [0.4, 0.5) is 0 Å². The maximum absolute atomic E-state index is 13.1. The molecule has 0 aliphatic carbocycles. The predicted octanol–water partition coefficient (Wildman–Crippen LogP) is 5.15. The van der Waals surface area contributed by atoms with E-state index in [1.807, 2.05) is 12.1 Å². The first-order chi connectivity index (χ1) is 18.2. The molecule has 1 aliphatic rings. The van der Waals surface area contributed by atoms with Crippen LogP contribution in [0, 0.1) is 5.92 Å². The summed E-state index contributed by atoms with van der Waals surface area (Å²) in [6.07, 6.45) is 3.10. The molecular weight excluding hydrogens is 510 g/mol. The Balaban J connectivity index is 1.42. The van der Waals surface area contributed by atoms with E-state index in [4.69, 9.17) is 4.43 Å². The summed E-state index contributed by atoms with van der Waals surface area (Å²) >= 11 is 0. The number of sulfonamides is 1. The third-order valence-corrected chi connectivity index (χ3v) is 14.7. The predicted molar refractivity (Wildman–Crippen MR) is 156 cm³/mol. The second-order valence-electron chi connectivity index (χ2n) is 11.3. The summed E-state index contributed by atoms with van der Waals surface area (Å²) in [5.74, 6) is -0.0740. The van der Waals surface area contributed by atoms with Crippen molar-refractivity contribution in [2.75, 3.05) is 13.2 Å². The monoisotopic (exact) mass is 551 g/mol. The number of nitrogens with zero attached hydrogens (tertiary/aromatic N) is 1. The summed E-state index contributed by atoms with van der Waals surface area (Å²) < 4.78 is 34.6. The normalized spacial score (nSPS) is 19.4. The van der Waals surface area contributed by atoms with Gasteiger partial charge in [-0.25, -0.2) is 8.42 Å². The van der Waals surface area contributed by atoms with Crippen LogP contribution in [0.3, 0.4) is 0 Å². The van der Waals surface area contributed by atoms with Crippen molar-refractivity contribution in [3.63, 3.8) is 0 Å². The van der Waals surface area contributed by atoms with E-state index in [9.17, 15) is 13.5 Å². The highest BCUT2D eigenvalue weighted by atomic mass is 32.2. The topological polar surface area (TPSA) is 66.8 Å². The molecule has 2 atom stereocenters. The standard InChI is InChI=1S/C31H41NO4SSi/c1-31(2,3)38(28-20-9-5-10-21-28,29-22-11-6-12-23-29)36-25-14-13-16-26-17-15-24-32(30(26)33)37(34,35)27-18-7-4-8-19-27/h4-12,18-23,26,30,33H,13-17,24-25H2,1-3H3. The van der Waals surface area contributed by atoms with Gasteiger partial charge >= 0.3 is 0 Å². The third-order valence-electron chi connectivity index (χ3n) is 7.72. The molecule has 1 heterocycles. The van der Waals surface area contributed by atoms with Crippen molar-refractivity contribution >= 4 is 28.7 Å². The van der Waals surface area contributed by atoms with Crippen LogP contribution in [-0.4, -0.2) is 45.5 Å². The van der Waals surface area contributed by atoms with E-state index in [-0.39, 0.29) is 15.9 Å². The number of hydrogen-bond acceptors (Lipinski definition) is 4. The van der Waals surface area contributed by atoms with E-state index in [0.717, 1.165) is 32.1 Å². The van der Waals surface area contributed by atoms with Gasteiger partial charge in [0.25, 0.3) is 8.32 Å². The molecule has 0 bridgehead atoms. The minimum Gasteiger partial charge on any atom is -0.407 e. The Bertz CT molecular complexity index is 1210. The van der Waals surface area contributed by atoms with Crippen molar-refractivity contribution < 1.29 is 18.0 Å². The molecule has 2 unspecified atom stereocenters. The Morgan fingerprint density at radius 1 is 0.868 bits per heavy atom. The summed E-state index contributed by atoms with van der Waals surface area (Å²) in [5.41, 5.74) is 0. The molecule has 3 aromatic carbocycles. The molecule has 7 heteroatoms. The third kappa shape index (κ3) is 5.97. The highest BCUT2D eigenvalue weighted by Gasteiger charge is 2.50. The fourth-order valence-electron chi connectivity index (χ4n) is 5.80. The van der Waals surface area contributed by atoms with Gasteiger partial charge in [0, 0.05) is 13.2 Å². The molecule has 1 fully saturated rings. The van der Waals surface area contributed by atoms with E-state index in [1.54, 1.807) is 30.3 Å². The highest BCUT2D eigenvalue weighted by Crippen LogP contribution is 2.37. The van der Waals surface area contributed by atoms with Gasteiger partial charge < -0.3 is 9.53 Å². The zero-order chi connectivity index (χ0) is 27.2. The molecule has 0 saturated carbocycles. The second kappa shape index (κ2) is 12.3. The Labute approximate surface area is 229 Å². The molecule has 38 heavy (non-hydrogen) atoms. The van der Waals surface area contributed by atoms with Gasteiger partial charge in [-0.15, -0.1) is 0 Å². The molecule has 3 aromatic rings. The zero-order valence-corrected chi connectivity index (χ0v) is 24.6. The van der Waals surface area contributed by atoms with Crippen molar-refractivity contribution in [2.24, 2.45) is 5.92 Å². The molecule has 0 radical (unpaired) electrons. The Morgan fingerprint density at radius 2 is 1.39 bits per heavy atom. The average molecular weight is 552 g/mol. The molecule has 0 spiro atoms. The van der Waals surface area contributed by atoms with Crippen molar-refractivity contribution in [1.29, 1.82) is 0 Å². The van der Waals surface area contributed by atoms with Crippen molar-refractivity contribution in [1.82, 2.24) is 4.31 Å². The van der Waals surface area contributed by atoms with Gasteiger partial charge in [-0.2, -0.15) is 4.31 Å². The zero-order valence-electron chi connectivity index (χ0n) is 22.8. The molecule has 1 saturated heterocycles. The summed E-state index contributed by atoms with van der Waals surface area (Å²) in [7, 11) is -6.27. The second-order valence-corrected chi connectivity index (χ2v) is 17.4. The fourth-order valence-corrected chi connectivity index (χ4v) is 12.0. The first-order valence-electron chi connectivity index (χ1n) is 13.7. The molecule has 204 valence electrons. The number of piperidine rings is 1. The lowest BCUT2D eigenvalue weighted by Gasteiger charge is -2.43. The maximum Gasteiger partial charge on any atom is 0.261 e. The highest BCUT2D eigenvalue weighted by molar-refractivity contribution is 7.89. The van der Waals surface area contributed by atoms with Crippen LogP contribution in [-0.2, 0) is 14.4 Å². The van der Waals surface area contributed by atoms with Crippen LogP contribution < -0.4 is 10.4 Å².